The monoisotopic (exact) mass is 1060 g/mol. The van der Waals surface area contributed by atoms with Crippen molar-refractivity contribution in [3.8, 4) is 11.5 Å². The van der Waals surface area contributed by atoms with Gasteiger partial charge in [-0.1, -0.05) is 26.0 Å². The van der Waals surface area contributed by atoms with Gasteiger partial charge in [-0.2, -0.15) is 0 Å². The van der Waals surface area contributed by atoms with Crippen molar-refractivity contribution in [2.75, 3.05) is 43.1 Å². The van der Waals surface area contributed by atoms with E-state index in [2.05, 4.69) is 32.6 Å². The minimum Gasteiger partial charge on any atom is -0.487 e. The Bertz CT molecular complexity index is 2720. The lowest BCUT2D eigenvalue weighted by molar-refractivity contribution is -0.271. The molecule has 0 spiro atoms. The van der Waals surface area contributed by atoms with Gasteiger partial charge in [0.2, 0.25) is 18.1 Å². The number of amides is 3. The maximum atomic E-state index is 16.1. The van der Waals surface area contributed by atoms with Crippen LogP contribution in [0.25, 0.3) is 0 Å². The Labute approximate surface area is 435 Å². The number of Topliss-reactive ketones (excluding diaryl/α,β-unsaturated/α-hetero) is 1. The molecule has 11 N–H and O–H groups in total. The number of hydrogen-bond donors (Lipinski definition) is 10. The van der Waals surface area contributed by atoms with Gasteiger partial charge in [0.25, 0.3) is 0 Å². The van der Waals surface area contributed by atoms with Crippen LogP contribution in [0.3, 0.4) is 0 Å². The first-order chi connectivity index (χ1) is 36.1. The van der Waals surface area contributed by atoms with Crippen LogP contribution in [-0.4, -0.2) is 153 Å². The Kier molecular flexibility index (Phi) is 13.9. The van der Waals surface area contributed by atoms with Gasteiger partial charge in [0.05, 0.1) is 22.7 Å². The van der Waals surface area contributed by atoms with Gasteiger partial charge >= 0.3 is 12.1 Å². The van der Waals surface area contributed by atoms with Crippen molar-refractivity contribution in [2.24, 2.45) is 45.8 Å². The number of nitrogens with two attached hydrogens (primary N) is 1. The van der Waals surface area contributed by atoms with Crippen LogP contribution in [0.5, 0.6) is 11.5 Å². The summed E-state index contributed by atoms with van der Waals surface area (Å²) in [5.41, 5.74) is -1.96. The fourth-order valence-corrected chi connectivity index (χ4v) is 14.9. The van der Waals surface area contributed by atoms with Crippen LogP contribution < -0.4 is 36.2 Å². The van der Waals surface area contributed by atoms with Crippen LogP contribution in [0.15, 0.2) is 66.3 Å². The van der Waals surface area contributed by atoms with Crippen LogP contribution in [0.2, 0.25) is 0 Å². The van der Waals surface area contributed by atoms with E-state index in [4.69, 9.17) is 24.8 Å². The van der Waals surface area contributed by atoms with Crippen LogP contribution in [0.1, 0.15) is 64.4 Å². The first-order valence-corrected chi connectivity index (χ1v) is 25.6. The third kappa shape index (κ3) is 9.00. The number of nitrogens with zero attached hydrogens (tertiary/aromatic N) is 1. The lowest BCUT2D eigenvalue weighted by atomic mass is 9.44. The molecule has 2 aliphatic heterocycles. The standard InChI is InChI=1S/C53H64FN5O17/c1-49-11-9-29(61)15-33(49)34(54)16-31-32-14-27-18-59(25-53(27,38(63)19-60)50(32,2)17-36(62)41(31)49)28-4-6-30(7-5-28)76-52-22-51(23-52,24-52)58-48(71)72-20-26-3-8-37(35(13-26)57-39(64)10-12-56-40(65)21-73-55)74-47-44(68)42(66)43(67)45(75-47)46(69)70/h3-9,11,13,15,27,31-32,34,36,41-45,47,60,62,66-68H,10,12,14,16-25,55H2,1-2H3,(H,56,65)(H,57,64)(H,58,71)(H,69,70)/t27-,31-,32-,34-,36-,41+,42-,43-,44+,45-,47+,49-,50-,51?,52?,53+/m0/s1. The molecule has 2 aromatic carbocycles. The summed E-state index contributed by atoms with van der Waals surface area (Å²) in [6.45, 7) is 3.37. The maximum absolute atomic E-state index is 16.1. The Morgan fingerprint density at radius 1 is 0.961 bits per heavy atom. The van der Waals surface area contributed by atoms with Crippen molar-refractivity contribution in [1.29, 1.82) is 0 Å². The molecule has 410 valence electrons. The van der Waals surface area contributed by atoms with Crippen LogP contribution in [-0.2, 0) is 44.9 Å². The fraction of sp³-hybridized carbons (Fsp3) is 0.585. The normalized spacial score (nSPS) is 38.4. The number of hydrogen-bond acceptors (Lipinski definition) is 18. The van der Waals surface area contributed by atoms with E-state index < -0.39 is 107 Å². The summed E-state index contributed by atoms with van der Waals surface area (Å²) >= 11 is 0. The first-order valence-electron chi connectivity index (χ1n) is 25.6. The highest BCUT2D eigenvalue weighted by Crippen LogP contribution is 2.73. The number of carbonyl (C=O) groups is 6. The number of rotatable bonds is 17. The number of fused-ring (bicyclic) bond motifs is 7. The summed E-state index contributed by atoms with van der Waals surface area (Å²) < 4.78 is 39.1. The molecule has 8 fully saturated rings. The van der Waals surface area contributed by atoms with Gasteiger partial charge in [-0.15, -0.1) is 0 Å². The average molecular weight is 1060 g/mol. The summed E-state index contributed by atoms with van der Waals surface area (Å²) in [5, 5.41) is 70.9. The van der Waals surface area contributed by atoms with E-state index in [1.165, 1.54) is 30.4 Å². The summed E-state index contributed by atoms with van der Waals surface area (Å²) in [6, 6.07) is 11.8. The number of alkyl carbamates (subject to hydrolysis) is 1. The number of carbonyl (C=O) groups excluding carboxylic acids is 5. The van der Waals surface area contributed by atoms with Crippen LogP contribution in [0.4, 0.5) is 20.6 Å². The number of aliphatic carboxylic acids is 1. The lowest BCUT2D eigenvalue weighted by Crippen LogP contribution is -2.80. The van der Waals surface area contributed by atoms with E-state index >= 15 is 4.39 Å². The SMILES string of the molecule is C[C@]12C=CC(=O)C=C1[C@@H](F)C[C@@H]1[C@@H]2[C@@H](O)C[C@@]2(C)[C@H]1C[C@H]1CN(c3ccc(OC45CC(NC(=O)OCc6ccc(O[C@@H]7O[C@H](C(=O)O)[C@@H](O)[C@H](O)[C@H]7O)c(NC(=O)CCNC(=O)CON)c6)(C4)C5)cc3)C[C@]12C(=O)CO. The second kappa shape index (κ2) is 19.8. The number of aliphatic hydroxyl groups is 5. The van der Waals surface area contributed by atoms with Gasteiger partial charge in [0, 0.05) is 62.3 Å². The molecule has 0 radical (unpaired) electrons. The molecule has 0 aromatic heterocycles. The van der Waals surface area contributed by atoms with Gasteiger partial charge in [0.15, 0.2) is 17.7 Å². The van der Waals surface area contributed by atoms with Gasteiger partial charge in [-0.05, 0) is 102 Å². The van der Waals surface area contributed by atoms with Crippen molar-refractivity contribution in [3.63, 3.8) is 0 Å². The predicted molar refractivity (Wildman–Crippen MR) is 261 cm³/mol. The molecule has 76 heavy (non-hydrogen) atoms. The summed E-state index contributed by atoms with van der Waals surface area (Å²) in [5.74, 6) is 1.28. The zero-order valence-corrected chi connectivity index (χ0v) is 41.9. The van der Waals surface area contributed by atoms with E-state index in [0.29, 0.717) is 62.1 Å². The molecular weight excluding hydrogens is 998 g/mol. The molecule has 6 saturated carbocycles. The zero-order valence-electron chi connectivity index (χ0n) is 41.9. The molecule has 2 aromatic rings. The number of carboxylic acids is 1. The number of anilines is 2. The number of benzene rings is 2. The van der Waals surface area contributed by atoms with Gasteiger partial charge < -0.3 is 70.4 Å². The van der Waals surface area contributed by atoms with Crippen molar-refractivity contribution < 1.29 is 87.6 Å². The molecule has 23 heteroatoms. The molecule has 7 aliphatic carbocycles. The van der Waals surface area contributed by atoms with Gasteiger partial charge in [-0.25, -0.2) is 19.9 Å². The molecule has 2 heterocycles. The number of ether oxygens (including phenoxy) is 4. The molecule has 2 saturated heterocycles. The summed E-state index contributed by atoms with van der Waals surface area (Å²) in [4.78, 5) is 82.4. The first kappa shape index (κ1) is 53.4. The smallest absolute Gasteiger partial charge is 0.407 e. The molecule has 2 bridgehead atoms. The fourth-order valence-electron chi connectivity index (χ4n) is 14.9. The number of nitrogens with one attached hydrogen (secondary N) is 3. The van der Waals surface area contributed by atoms with E-state index in [0.717, 1.165) is 5.69 Å². The Morgan fingerprint density at radius 3 is 2.39 bits per heavy atom. The van der Waals surface area contributed by atoms with Crippen molar-refractivity contribution >= 4 is 46.8 Å². The number of alkyl halides is 1. The van der Waals surface area contributed by atoms with E-state index in [1.807, 2.05) is 31.2 Å². The third-order valence-electron chi connectivity index (χ3n) is 18.2. The maximum Gasteiger partial charge on any atom is 0.407 e. The van der Waals surface area contributed by atoms with Crippen LogP contribution >= 0.6 is 0 Å². The Morgan fingerprint density at radius 2 is 1.70 bits per heavy atom. The molecular formula is C53H64FN5O17. The molecule has 22 nitrogen and oxygen atoms in total. The van der Waals surface area contributed by atoms with Gasteiger partial charge in [0.1, 0.15) is 61.4 Å². The molecule has 3 amide bonds. The van der Waals surface area contributed by atoms with Crippen LogP contribution in [0, 0.1) is 39.9 Å². The van der Waals surface area contributed by atoms with E-state index in [9.17, 15) is 59.4 Å². The molecule has 11 rings (SSSR count). The topological polar surface area (TPSA) is 335 Å². The lowest BCUT2D eigenvalue weighted by Gasteiger charge is -2.68. The van der Waals surface area contributed by atoms with Gasteiger partial charge in [-0.3, -0.25) is 24.0 Å². The van der Waals surface area contributed by atoms with Crippen molar-refractivity contribution in [2.45, 2.75) is 120 Å². The molecule has 14 atom stereocenters. The third-order valence-corrected chi connectivity index (χ3v) is 18.2. The Hall–Kier alpha value is -6.05. The van der Waals surface area contributed by atoms with Crippen molar-refractivity contribution in [1.82, 2.24) is 10.6 Å². The largest absolute Gasteiger partial charge is 0.487 e. The van der Waals surface area contributed by atoms with Crippen molar-refractivity contribution in [3.05, 3.63) is 71.8 Å². The highest BCUT2D eigenvalue weighted by atomic mass is 19.1. The number of allylic oxidation sites excluding steroid dienone is 4. The number of halogens is 1. The Balaban J connectivity index is 0.742. The number of aliphatic hydroxyl groups excluding tert-OH is 5. The van der Waals surface area contributed by atoms with E-state index in [1.54, 1.807) is 6.08 Å². The molecule has 0 unspecified atom stereocenters. The zero-order chi connectivity index (χ0) is 54.3. The second-order valence-corrected chi connectivity index (χ2v) is 22.6. The summed E-state index contributed by atoms with van der Waals surface area (Å²) in [7, 11) is 0. The predicted octanol–water partition coefficient (Wildman–Crippen LogP) is 1.09. The minimum absolute atomic E-state index is 0.0326. The van der Waals surface area contributed by atoms with E-state index in [-0.39, 0.29) is 72.7 Å². The quantitative estimate of drug-likeness (QED) is 0.0992. The highest BCUT2D eigenvalue weighted by Gasteiger charge is 2.74. The highest BCUT2D eigenvalue weighted by molar-refractivity contribution is 6.01. The number of ketones is 2. The average Bonchev–Trinajstić information content (AvgIpc) is 3.96. The second-order valence-electron chi connectivity index (χ2n) is 22.6. The minimum atomic E-state index is -1.97. The number of carboxylic acid groups (broad SMARTS) is 1. The molecule has 9 aliphatic rings. The summed E-state index contributed by atoms with van der Waals surface area (Å²) in [6.07, 6.45) is -5.44.